The highest BCUT2D eigenvalue weighted by Gasteiger charge is 2.12. The number of hydrogen-bond donors (Lipinski definition) is 1. The van der Waals surface area contributed by atoms with E-state index in [9.17, 15) is 5.11 Å². The normalized spacial score (nSPS) is 11.2. The summed E-state index contributed by atoms with van der Waals surface area (Å²) in [5, 5.41) is 11.8. The summed E-state index contributed by atoms with van der Waals surface area (Å²) in [5.41, 5.74) is 1.46. The lowest BCUT2D eigenvalue weighted by molar-refractivity contribution is 0.480. The molecule has 0 aliphatic rings. The molecule has 1 heterocycles. The SMILES string of the molecule is Oc1ccc(Br)c2c(Br)c3ccccc3nc12. The number of phenolic OH excluding ortho intramolecular Hbond substituents is 1. The molecule has 17 heavy (non-hydrogen) atoms. The summed E-state index contributed by atoms with van der Waals surface area (Å²) in [6.45, 7) is 0. The van der Waals surface area contributed by atoms with Gasteiger partial charge in [0.05, 0.1) is 5.52 Å². The van der Waals surface area contributed by atoms with Crippen LogP contribution in [0.1, 0.15) is 0 Å². The van der Waals surface area contributed by atoms with Gasteiger partial charge in [-0.25, -0.2) is 4.98 Å². The number of phenols is 1. The number of para-hydroxylation sites is 1. The molecule has 4 heteroatoms. The molecule has 0 spiro atoms. The first-order valence-electron chi connectivity index (χ1n) is 5.04. The van der Waals surface area contributed by atoms with E-state index in [4.69, 9.17) is 0 Å². The van der Waals surface area contributed by atoms with Crippen molar-refractivity contribution in [1.29, 1.82) is 0 Å². The van der Waals surface area contributed by atoms with Gasteiger partial charge in [-0.05, 0) is 34.1 Å². The first-order valence-corrected chi connectivity index (χ1v) is 6.62. The third-order valence-corrected chi connectivity index (χ3v) is 4.18. The van der Waals surface area contributed by atoms with E-state index in [0.29, 0.717) is 5.52 Å². The maximum atomic E-state index is 9.88. The molecule has 1 N–H and O–H groups in total. The quantitative estimate of drug-likeness (QED) is 0.599. The molecule has 1 aromatic heterocycles. The smallest absolute Gasteiger partial charge is 0.141 e. The van der Waals surface area contributed by atoms with Crippen molar-refractivity contribution >= 4 is 53.7 Å². The summed E-state index contributed by atoms with van der Waals surface area (Å²) in [7, 11) is 0. The Labute approximate surface area is 115 Å². The van der Waals surface area contributed by atoms with Gasteiger partial charge in [-0.3, -0.25) is 0 Å². The molecule has 0 saturated carbocycles. The van der Waals surface area contributed by atoms with E-state index < -0.39 is 0 Å². The number of hydrogen-bond acceptors (Lipinski definition) is 2. The van der Waals surface area contributed by atoms with Gasteiger partial charge in [-0.15, -0.1) is 0 Å². The molecule has 3 rings (SSSR count). The number of benzene rings is 2. The molecule has 2 aromatic carbocycles. The van der Waals surface area contributed by atoms with E-state index in [0.717, 1.165) is 25.2 Å². The molecule has 0 fully saturated rings. The molecule has 0 aliphatic heterocycles. The lowest BCUT2D eigenvalue weighted by Gasteiger charge is -2.08. The fourth-order valence-electron chi connectivity index (χ4n) is 1.89. The molecule has 0 radical (unpaired) electrons. The second kappa shape index (κ2) is 3.96. The van der Waals surface area contributed by atoms with Gasteiger partial charge in [0.25, 0.3) is 0 Å². The van der Waals surface area contributed by atoms with Crippen LogP contribution in [-0.2, 0) is 0 Å². The van der Waals surface area contributed by atoms with E-state index in [1.54, 1.807) is 6.07 Å². The van der Waals surface area contributed by atoms with Gasteiger partial charge in [0.2, 0.25) is 0 Å². The molecule has 2 nitrogen and oxygen atoms in total. The second-order valence-electron chi connectivity index (χ2n) is 3.73. The minimum Gasteiger partial charge on any atom is -0.506 e. The van der Waals surface area contributed by atoms with Crippen LogP contribution in [0.25, 0.3) is 21.8 Å². The van der Waals surface area contributed by atoms with E-state index in [1.807, 2.05) is 30.3 Å². The van der Waals surface area contributed by atoms with Crippen molar-refractivity contribution in [3.8, 4) is 5.75 Å². The van der Waals surface area contributed by atoms with E-state index in [2.05, 4.69) is 36.8 Å². The van der Waals surface area contributed by atoms with Crippen molar-refractivity contribution < 1.29 is 5.11 Å². The number of halogens is 2. The highest BCUT2D eigenvalue weighted by molar-refractivity contribution is 9.11. The molecule has 0 saturated heterocycles. The molecule has 0 bridgehead atoms. The molecule has 84 valence electrons. The van der Waals surface area contributed by atoms with Crippen LogP contribution >= 0.6 is 31.9 Å². The van der Waals surface area contributed by atoms with Gasteiger partial charge >= 0.3 is 0 Å². The first kappa shape index (κ1) is 11.0. The first-order chi connectivity index (χ1) is 8.18. The summed E-state index contributed by atoms with van der Waals surface area (Å²) in [5.74, 6) is 0.189. The van der Waals surface area contributed by atoms with Crippen molar-refractivity contribution in [1.82, 2.24) is 4.98 Å². The fraction of sp³-hybridized carbons (Fsp3) is 0. The Balaban J connectivity index is 2.64. The highest BCUT2D eigenvalue weighted by Crippen LogP contribution is 2.38. The largest absolute Gasteiger partial charge is 0.506 e. The van der Waals surface area contributed by atoms with Crippen molar-refractivity contribution in [3.05, 3.63) is 45.3 Å². The Morgan fingerprint density at radius 2 is 1.76 bits per heavy atom. The van der Waals surface area contributed by atoms with Crippen LogP contribution in [0.2, 0.25) is 0 Å². The van der Waals surface area contributed by atoms with Crippen molar-refractivity contribution in [2.45, 2.75) is 0 Å². The third-order valence-electron chi connectivity index (χ3n) is 2.70. The predicted molar refractivity (Wildman–Crippen MR) is 76.3 cm³/mol. The van der Waals surface area contributed by atoms with E-state index in [-0.39, 0.29) is 5.75 Å². The van der Waals surface area contributed by atoms with Crippen LogP contribution in [0.5, 0.6) is 5.75 Å². The van der Waals surface area contributed by atoms with Crippen LogP contribution < -0.4 is 0 Å². The molecule has 3 aromatic rings. The maximum Gasteiger partial charge on any atom is 0.141 e. The Kier molecular flexibility index (Phi) is 2.56. The Morgan fingerprint density at radius 3 is 2.59 bits per heavy atom. The number of rotatable bonds is 0. The summed E-state index contributed by atoms with van der Waals surface area (Å²) in [6, 6.07) is 11.3. The number of nitrogens with zero attached hydrogens (tertiary/aromatic N) is 1. The van der Waals surface area contributed by atoms with Gasteiger partial charge < -0.3 is 5.11 Å². The van der Waals surface area contributed by atoms with Gasteiger partial charge in [-0.1, -0.05) is 34.1 Å². The van der Waals surface area contributed by atoms with Crippen LogP contribution in [-0.4, -0.2) is 10.1 Å². The Bertz CT molecular complexity index is 740. The zero-order valence-electron chi connectivity index (χ0n) is 8.61. The second-order valence-corrected chi connectivity index (χ2v) is 5.38. The zero-order valence-corrected chi connectivity index (χ0v) is 11.8. The average molecular weight is 353 g/mol. The van der Waals surface area contributed by atoms with Crippen molar-refractivity contribution in [3.63, 3.8) is 0 Å². The molecule has 0 unspecified atom stereocenters. The number of fused-ring (bicyclic) bond motifs is 2. The summed E-state index contributed by atoms with van der Waals surface area (Å²) in [6.07, 6.45) is 0. The molecule has 0 aliphatic carbocycles. The Morgan fingerprint density at radius 1 is 1.00 bits per heavy atom. The number of aromatic hydroxyl groups is 1. The molecule has 0 amide bonds. The molecular weight excluding hydrogens is 346 g/mol. The maximum absolute atomic E-state index is 9.88. The minimum atomic E-state index is 0.189. The lowest BCUT2D eigenvalue weighted by Crippen LogP contribution is -1.86. The standard InChI is InChI=1S/C13H7Br2NO/c14-8-5-6-10(17)13-11(8)12(15)7-3-1-2-4-9(7)16-13/h1-6,17H. The summed E-state index contributed by atoms with van der Waals surface area (Å²) >= 11 is 7.07. The van der Waals surface area contributed by atoms with Crippen LogP contribution in [0.4, 0.5) is 0 Å². The van der Waals surface area contributed by atoms with E-state index >= 15 is 0 Å². The average Bonchev–Trinajstić information content (AvgIpc) is 2.34. The number of pyridine rings is 1. The van der Waals surface area contributed by atoms with Gasteiger partial charge in [0.1, 0.15) is 11.3 Å². The van der Waals surface area contributed by atoms with Gasteiger partial charge in [0, 0.05) is 19.7 Å². The van der Waals surface area contributed by atoms with Crippen LogP contribution in [0.3, 0.4) is 0 Å². The Hall–Kier alpha value is -1.13. The lowest BCUT2D eigenvalue weighted by atomic mass is 10.1. The number of aromatic nitrogens is 1. The van der Waals surface area contributed by atoms with Gasteiger partial charge in [-0.2, -0.15) is 0 Å². The zero-order chi connectivity index (χ0) is 12.0. The third kappa shape index (κ3) is 1.63. The fourth-order valence-corrected chi connectivity index (χ4v) is 3.41. The highest BCUT2D eigenvalue weighted by atomic mass is 79.9. The molecular formula is C13H7Br2NO. The molecule has 0 atom stereocenters. The van der Waals surface area contributed by atoms with Gasteiger partial charge in [0.15, 0.2) is 0 Å². The van der Waals surface area contributed by atoms with Crippen LogP contribution in [0, 0.1) is 0 Å². The summed E-state index contributed by atoms with van der Waals surface area (Å²) < 4.78 is 1.86. The predicted octanol–water partition coefficient (Wildman–Crippen LogP) is 4.62. The van der Waals surface area contributed by atoms with Crippen molar-refractivity contribution in [2.75, 3.05) is 0 Å². The summed E-state index contributed by atoms with van der Waals surface area (Å²) in [4.78, 5) is 4.49. The van der Waals surface area contributed by atoms with E-state index in [1.165, 1.54) is 0 Å². The monoisotopic (exact) mass is 351 g/mol. The minimum absolute atomic E-state index is 0.189. The van der Waals surface area contributed by atoms with Crippen LogP contribution in [0.15, 0.2) is 45.3 Å². The van der Waals surface area contributed by atoms with Crippen molar-refractivity contribution in [2.24, 2.45) is 0 Å². The topological polar surface area (TPSA) is 33.1 Å².